The fourth-order valence-electron chi connectivity index (χ4n) is 1.48. The quantitative estimate of drug-likeness (QED) is 0.617. The van der Waals surface area contributed by atoms with Gasteiger partial charge in [-0.15, -0.1) is 0 Å². The van der Waals surface area contributed by atoms with Crippen molar-refractivity contribution in [1.82, 2.24) is 5.32 Å². The van der Waals surface area contributed by atoms with Crippen molar-refractivity contribution in [2.45, 2.75) is 52.0 Å². The zero-order valence-corrected chi connectivity index (χ0v) is 12.5. The Bertz CT molecular complexity index is 418. The SMILES string of the molecule is CCCCCS(=O)(=O)CC(=O)NC(C)(CC)C(=O)O. The van der Waals surface area contributed by atoms with E-state index >= 15 is 0 Å². The van der Waals surface area contributed by atoms with Crippen molar-refractivity contribution in [2.75, 3.05) is 11.5 Å². The average Bonchev–Trinajstić information content (AvgIpc) is 2.27. The lowest BCUT2D eigenvalue weighted by molar-refractivity contribution is -0.146. The van der Waals surface area contributed by atoms with E-state index in [1.807, 2.05) is 6.92 Å². The van der Waals surface area contributed by atoms with Gasteiger partial charge in [0.05, 0.1) is 5.75 Å². The normalized spacial score (nSPS) is 14.7. The van der Waals surface area contributed by atoms with Gasteiger partial charge in [-0.05, 0) is 19.8 Å². The molecule has 0 saturated carbocycles. The molecular formula is C12H23NO5S. The van der Waals surface area contributed by atoms with Crippen molar-refractivity contribution in [2.24, 2.45) is 0 Å². The molecule has 2 N–H and O–H groups in total. The van der Waals surface area contributed by atoms with Crippen molar-refractivity contribution < 1.29 is 23.1 Å². The smallest absolute Gasteiger partial charge is 0.329 e. The standard InChI is InChI=1S/C12H23NO5S/c1-4-6-7-8-19(17,18)9-10(14)13-12(3,5-2)11(15)16/h4-9H2,1-3H3,(H,13,14)(H,15,16). The highest BCUT2D eigenvalue weighted by atomic mass is 32.2. The Morgan fingerprint density at radius 3 is 2.21 bits per heavy atom. The van der Waals surface area contributed by atoms with Crippen molar-refractivity contribution in [3.05, 3.63) is 0 Å². The van der Waals surface area contributed by atoms with E-state index < -0.39 is 33.0 Å². The maximum absolute atomic E-state index is 11.7. The summed E-state index contributed by atoms with van der Waals surface area (Å²) >= 11 is 0. The maximum atomic E-state index is 11.7. The summed E-state index contributed by atoms with van der Waals surface area (Å²) in [5, 5.41) is 11.3. The van der Waals surface area contributed by atoms with E-state index in [4.69, 9.17) is 5.11 Å². The lowest BCUT2D eigenvalue weighted by Gasteiger charge is -2.24. The molecule has 0 aliphatic rings. The van der Waals surface area contributed by atoms with Crippen LogP contribution < -0.4 is 5.32 Å². The van der Waals surface area contributed by atoms with Gasteiger partial charge in [-0.2, -0.15) is 0 Å². The fourth-order valence-corrected chi connectivity index (χ4v) is 2.74. The van der Waals surface area contributed by atoms with Gasteiger partial charge in [0.15, 0.2) is 9.84 Å². The summed E-state index contributed by atoms with van der Waals surface area (Å²) in [6.45, 7) is 4.93. The van der Waals surface area contributed by atoms with Gasteiger partial charge in [0, 0.05) is 0 Å². The van der Waals surface area contributed by atoms with E-state index in [1.54, 1.807) is 6.92 Å². The first-order valence-corrected chi connectivity index (χ1v) is 8.24. The summed E-state index contributed by atoms with van der Waals surface area (Å²) in [7, 11) is -3.46. The third-order valence-corrected chi connectivity index (χ3v) is 4.62. The van der Waals surface area contributed by atoms with Crippen LogP contribution in [0.4, 0.5) is 0 Å². The molecule has 0 radical (unpaired) electrons. The largest absolute Gasteiger partial charge is 0.480 e. The van der Waals surface area contributed by atoms with Crippen molar-refractivity contribution in [3.63, 3.8) is 0 Å². The number of amides is 1. The molecule has 0 aliphatic carbocycles. The first kappa shape index (κ1) is 17.9. The number of carboxylic acid groups (broad SMARTS) is 1. The Balaban J connectivity index is 4.49. The second-order valence-corrected chi connectivity index (χ2v) is 7.02. The number of hydrogen-bond donors (Lipinski definition) is 2. The van der Waals surface area contributed by atoms with Gasteiger partial charge in [0.25, 0.3) is 0 Å². The molecule has 0 bridgehead atoms. The third-order valence-electron chi connectivity index (χ3n) is 3.00. The van der Waals surface area contributed by atoms with Crippen LogP contribution in [-0.4, -0.2) is 42.4 Å². The van der Waals surface area contributed by atoms with Gasteiger partial charge in [-0.1, -0.05) is 26.7 Å². The Morgan fingerprint density at radius 1 is 1.21 bits per heavy atom. The number of hydrogen-bond acceptors (Lipinski definition) is 4. The third kappa shape index (κ3) is 6.56. The number of sulfone groups is 1. The molecule has 0 aromatic heterocycles. The first-order valence-electron chi connectivity index (χ1n) is 6.41. The Hall–Kier alpha value is -1.11. The van der Waals surface area contributed by atoms with Crippen molar-refractivity contribution >= 4 is 21.7 Å². The van der Waals surface area contributed by atoms with Gasteiger partial charge >= 0.3 is 5.97 Å². The second kappa shape index (κ2) is 7.47. The predicted molar refractivity (Wildman–Crippen MR) is 72.7 cm³/mol. The van der Waals surface area contributed by atoms with Crippen LogP contribution in [0.25, 0.3) is 0 Å². The van der Waals surface area contributed by atoms with E-state index in [2.05, 4.69) is 5.32 Å². The molecule has 1 atom stereocenters. The highest BCUT2D eigenvalue weighted by Gasteiger charge is 2.33. The zero-order chi connectivity index (χ0) is 15.1. The van der Waals surface area contributed by atoms with E-state index in [-0.39, 0.29) is 12.2 Å². The minimum atomic E-state index is -3.46. The molecule has 19 heavy (non-hydrogen) atoms. The van der Waals surface area contributed by atoms with Crippen LogP contribution in [-0.2, 0) is 19.4 Å². The Kier molecular flexibility index (Phi) is 7.04. The molecule has 6 nitrogen and oxygen atoms in total. The van der Waals surface area contributed by atoms with E-state index in [9.17, 15) is 18.0 Å². The molecule has 7 heteroatoms. The zero-order valence-electron chi connectivity index (χ0n) is 11.7. The van der Waals surface area contributed by atoms with Gasteiger partial charge < -0.3 is 10.4 Å². The predicted octanol–water partition coefficient (Wildman–Crippen LogP) is 0.961. The molecule has 1 amide bonds. The minimum absolute atomic E-state index is 0.0375. The van der Waals surface area contributed by atoms with Crippen molar-refractivity contribution in [3.8, 4) is 0 Å². The summed E-state index contributed by atoms with van der Waals surface area (Å²) in [4.78, 5) is 22.6. The highest BCUT2D eigenvalue weighted by molar-refractivity contribution is 7.92. The molecule has 0 rings (SSSR count). The summed E-state index contributed by atoms with van der Waals surface area (Å²) in [5.41, 5.74) is -1.42. The molecule has 0 aromatic carbocycles. The Labute approximate surface area is 114 Å². The number of carbonyl (C=O) groups excluding carboxylic acids is 1. The van der Waals surface area contributed by atoms with E-state index in [1.165, 1.54) is 6.92 Å². The van der Waals surface area contributed by atoms with Crippen LogP contribution in [0, 0.1) is 0 Å². The van der Waals surface area contributed by atoms with Gasteiger partial charge in [0.2, 0.25) is 5.91 Å². The highest BCUT2D eigenvalue weighted by Crippen LogP contribution is 2.09. The Morgan fingerprint density at radius 2 is 1.79 bits per heavy atom. The molecule has 0 heterocycles. The molecule has 112 valence electrons. The number of carbonyl (C=O) groups is 2. The lowest BCUT2D eigenvalue weighted by atomic mass is 9.99. The van der Waals surface area contributed by atoms with Crippen LogP contribution in [0.15, 0.2) is 0 Å². The first-order chi connectivity index (χ1) is 8.67. The number of nitrogens with one attached hydrogen (secondary N) is 1. The molecule has 0 spiro atoms. The summed E-state index contributed by atoms with van der Waals surface area (Å²) in [5.74, 6) is -2.63. The molecule has 0 saturated heterocycles. The van der Waals surface area contributed by atoms with Crippen molar-refractivity contribution in [1.29, 1.82) is 0 Å². The topological polar surface area (TPSA) is 101 Å². The van der Waals surface area contributed by atoms with Gasteiger partial charge in [-0.25, -0.2) is 13.2 Å². The minimum Gasteiger partial charge on any atom is -0.480 e. The molecule has 1 unspecified atom stereocenters. The van der Waals surface area contributed by atoms with E-state index in [0.29, 0.717) is 6.42 Å². The van der Waals surface area contributed by atoms with Crippen LogP contribution in [0.3, 0.4) is 0 Å². The van der Waals surface area contributed by atoms with Crippen LogP contribution in [0.5, 0.6) is 0 Å². The van der Waals surface area contributed by atoms with Crippen LogP contribution in [0.1, 0.15) is 46.5 Å². The molecule has 0 fully saturated rings. The maximum Gasteiger partial charge on any atom is 0.329 e. The summed E-state index contributed by atoms with van der Waals surface area (Å²) in [6, 6.07) is 0. The number of aliphatic carboxylic acids is 1. The molecule has 0 aliphatic heterocycles. The number of rotatable bonds is 9. The summed E-state index contributed by atoms with van der Waals surface area (Å²) < 4.78 is 23.3. The summed E-state index contributed by atoms with van der Waals surface area (Å²) in [6.07, 6.45) is 2.40. The van der Waals surface area contributed by atoms with Crippen LogP contribution in [0.2, 0.25) is 0 Å². The average molecular weight is 293 g/mol. The molecular weight excluding hydrogens is 270 g/mol. The fraction of sp³-hybridized carbons (Fsp3) is 0.833. The van der Waals surface area contributed by atoms with Gasteiger partial charge in [0.1, 0.15) is 11.3 Å². The number of unbranched alkanes of at least 4 members (excludes halogenated alkanes) is 2. The second-order valence-electron chi connectivity index (χ2n) is 4.84. The molecule has 0 aromatic rings. The van der Waals surface area contributed by atoms with Crippen LogP contribution >= 0.6 is 0 Å². The lowest BCUT2D eigenvalue weighted by Crippen LogP contribution is -2.53. The van der Waals surface area contributed by atoms with E-state index in [0.717, 1.165) is 12.8 Å². The monoisotopic (exact) mass is 293 g/mol. The number of carboxylic acids is 1. The van der Waals surface area contributed by atoms with Gasteiger partial charge in [-0.3, -0.25) is 4.79 Å².